The molecule has 0 heterocycles. The van der Waals surface area contributed by atoms with E-state index in [2.05, 4.69) is 11.8 Å². The molecule has 2 fully saturated rings. The molecule has 0 bridgehead atoms. The molecule has 0 aromatic carbocycles. The lowest BCUT2D eigenvalue weighted by Gasteiger charge is -2.29. The number of nitrogens with zero attached hydrogens (tertiary/aromatic N) is 1. The highest BCUT2D eigenvalue weighted by Gasteiger charge is 2.43. The van der Waals surface area contributed by atoms with Crippen LogP contribution in [-0.2, 0) is 4.79 Å². The van der Waals surface area contributed by atoms with Crippen LogP contribution in [0.5, 0.6) is 0 Å². The Kier molecular flexibility index (Phi) is 3.73. The first-order valence-corrected chi connectivity index (χ1v) is 6.88. The molecule has 2 aliphatic rings. The van der Waals surface area contributed by atoms with Crippen molar-refractivity contribution in [2.75, 3.05) is 13.1 Å². The molecular formula is C13H25N3O. The molecule has 2 rings (SSSR count). The maximum atomic E-state index is 11.4. The SMILES string of the molecule is CCCN(CC1CC1)C1CCC(N)(C(N)=O)C1. The lowest BCUT2D eigenvalue weighted by molar-refractivity contribution is -0.123. The Labute approximate surface area is 104 Å². The molecule has 4 N–H and O–H groups in total. The minimum absolute atomic E-state index is 0.331. The van der Waals surface area contributed by atoms with Crippen LogP contribution in [0, 0.1) is 5.92 Å². The largest absolute Gasteiger partial charge is 0.368 e. The fourth-order valence-corrected chi connectivity index (χ4v) is 2.93. The van der Waals surface area contributed by atoms with Gasteiger partial charge in [0.15, 0.2) is 0 Å². The Morgan fingerprint density at radius 2 is 2.12 bits per heavy atom. The number of rotatable bonds is 6. The first-order chi connectivity index (χ1) is 8.05. The Bertz CT molecular complexity index is 290. The van der Waals surface area contributed by atoms with Gasteiger partial charge in [-0.15, -0.1) is 0 Å². The zero-order valence-electron chi connectivity index (χ0n) is 10.8. The van der Waals surface area contributed by atoms with Gasteiger partial charge in [0.25, 0.3) is 0 Å². The topological polar surface area (TPSA) is 72.3 Å². The van der Waals surface area contributed by atoms with Gasteiger partial charge in [-0.2, -0.15) is 0 Å². The maximum Gasteiger partial charge on any atom is 0.237 e. The average Bonchev–Trinajstić information content (AvgIpc) is 2.99. The Morgan fingerprint density at radius 1 is 1.41 bits per heavy atom. The predicted octanol–water partition coefficient (Wildman–Crippen LogP) is 0.844. The van der Waals surface area contributed by atoms with Crippen LogP contribution < -0.4 is 11.5 Å². The van der Waals surface area contributed by atoms with Crippen molar-refractivity contribution in [3.8, 4) is 0 Å². The van der Waals surface area contributed by atoms with Crippen LogP contribution in [0.1, 0.15) is 45.4 Å². The van der Waals surface area contributed by atoms with Crippen molar-refractivity contribution in [3.05, 3.63) is 0 Å². The van der Waals surface area contributed by atoms with Gasteiger partial charge < -0.3 is 16.4 Å². The molecule has 0 aromatic heterocycles. The third-order valence-electron chi connectivity index (χ3n) is 4.23. The summed E-state index contributed by atoms with van der Waals surface area (Å²) in [5, 5.41) is 0. The molecule has 2 aliphatic carbocycles. The van der Waals surface area contributed by atoms with Crippen molar-refractivity contribution in [3.63, 3.8) is 0 Å². The standard InChI is InChI=1S/C13H25N3O/c1-2-7-16(9-10-3-4-10)11-5-6-13(15,8-11)12(14)17/h10-11H,2-9,15H2,1H3,(H2,14,17). The summed E-state index contributed by atoms with van der Waals surface area (Å²) in [7, 11) is 0. The van der Waals surface area contributed by atoms with Crippen molar-refractivity contribution in [2.45, 2.75) is 57.0 Å². The second kappa shape index (κ2) is 4.94. The van der Waals surface area contributed by atoms with Gasteiger partial charge in [0.2, 0.25) is 5.91 Å². The van der Waals surface area contributed by atoms with E-state index in [-0.39, 0.29) is 5.91 Å². The summed E-state index contributed by atoms with van der Waals surface area (Å²) >= 11 is 0. The summed E-state index contributed by atoms with van der Waals surface area (Å²) in [5.74, 6) is 0.561. The van der Waals surface area contributed by atoms with Gasteiger partial charge in [-0.1, -0.05) is 6.92 Å². The van der Waals surface area contributed by atoms with Crippen LogP contribution in [-0.4, -0.2) is 35.5 Å². The summed E-state index contributed by atoms with van der Waals surface area (Å²) in [6, 6.07) is 0.466. The lowest BCUT2D eigenvalue weighted by Crippen LogP contribution is -2.51. The fraction of sp³-hybridized carbons (Fsp3) is 0.923. The van der Waals surface area contributed by atoms with Gasteiger partial charge in [-0.05, 0) is 51.0 Å². The zero-order valence-corrected chi connectivity index (χ0v) is 10.8. The van der Waals surface area contributed by atoms with E-state index >= 15 is 0 Å². The molecule has 2 saturated carbocycles. The van der Waals surface area contributed by atoms with Crippen LogP contribution in [0.4, 0.5) is 0 Å². The third kappa shape index (κ3) is 2.99. The van der Waals surface area contributed by atoms with Crippen LogP contribution in [0.3, 0.4) is 0 Å². The number of nitrogens with two attached hydrogens (primary N) is 2. The minimum atomic E-state index is -0.750. The molecule has 2 unspecified atom stereocenters. The van der Waals surface area contributed by atoms with E-state index in [0.29, 0.717) is 6.04 Å². The highest BCUT2D eigenvalue weighted by Crippen LogP contribution is 2.35. The second-order valence-electron chi connectivity index (χ2n) is 5.86. The van der Waals surface area contributed by atoms with Crippen LogP contribution in [0.2, 0.25) is 0 Å². The number of hydrogen-bond acceptors (Lipinski definition) is 3. The summed E-state index contributed by atoms with van der Waals surface area (Å²) in [5.41, 5.74) is 10.7. The summed E-state index contributed by atoms with van der Waals surface area (Å²) in [6.07, 6.45) is 6.42. The first kappa shape index (κ1) is 12.8. The van der Waals surface area contributed by atoms with E-state index in [1.807, 2.05) is 0 Å². The van der Waals surface area contributed by atoms with Crippen molar-refractivity contribution in [1.82, 2.24) is 4.90 Å². The molecule has 0 spiro atoms. The zero-order chi connectivity index (χ0) is 12.5. The second-order valence-corrected chi connectivity index (χ2v) is 5.86. The summed E-state index contributed by atoms with van der Waals surface area (Å²) < 4.78 is 0. The van der Waals surface area contributed by atoms with E-state index in [9.17, 15) is 4.79 Å². The van der Waals surface area contributed by atoms with E-state index in [1.165, 1.54) is 19.4 Å². The molecule has 0 radical (unpaired) electrons. The maximum absolute atomic E-state index is 11.4. The first-order valence-electron chi connectivity index (χ1n) is 6.88. The highest BCUT2D eigenvalue weighted by atomic mass is 16.1. The third-order valence-corrected chi connectivity index (χ3v) is 4.23. The highest BCUT2D eigenvalue weighted by molar-refractivity contribution is 5.84. The molecule has 98 valence electrons. The molecular weight excluding hydrogens is 214 g/mol. The Morgan fingerprint density at radius 3 is 2.59 bits per heavy atom. The molecule has 1 amide bonds. The quantitative estimate of drug-likeness (QED) is 0.721. The Balaban J connectivity index is 1.93. The molecule has 0 aromatic rings. The van der Waals surface area contributed by atoms with Crippen molar-refractivity contribution in [2.24, 2.45) is 17.4 Å². The summed E-state index contributed by atoms with van der Waals surface area (Å²) in [6.45, 7) is 4.52. The smallest absolute Gasteiger partial charge is 0.237 e. The van der Waals surface area contributed by atoms with E-state index in [4.69, 9.17) is 11.5 Å². The van der Waals surface area contributed by atoms with Gasteiger partial charge in [0.1, 0.15) is 0 Å². The fourth-order valence-electron chi connectivity index (χ4n) is 2.93. The Hall–Kier alpha value is -0.610. The average molecular weight is 239 g/mol. The normalized spacial score (nSPS) is 33.2. The van der Waals surface area contributed by atoms with Crippen LogP contribution >= 0.6 is 0 Å². The molecule has 4 heteroatoms. The number of carbonyl (C=O) groups excluding carboxylic acids is 1. The van der Waals surface area contributed by atoms with Crippen LogP contribution in [0.15, 0.2) is 0 Å². The van der Waals surface area contributed by atoms with E-state index in [1.54, 1.807) is 0 Å². The number of carbonyl (C=O) groups is 1. The molecule has 2 atom stereocenters. The van der Waals surface area contributed by atoms with Gasteiger partial charge in [0.05, 0.1) is 5.54 Å². The number of hydrogen-bond donors (Lipinski definition) is 2. The predicted molar refractivity (Wildman–Crippen MR) is 68.3 cm³/mol. The summed E-state index contributed by atoms with van der Waals surface area (Å²) in [4.78, 5) is 13.9. The van der Waals surface area contributed by atoms with Crippen molar-refractivity contribution < 1.29 is 4.79 Å². The van der Waals surface area contributed by atoms with E-state index in [0.717, 1.165) is 38.1 Å². The molecule has 4 nitrogen and oxygen atoms in total. The molecule has 17 heavy (non-hydrogen) atoms. The molecule has 0 saturated heterocycles. The van der Waals surface area contributed by atoms with Gasteiger partial charge in [0, 0.05) is 12.6 Å². The van der Waals surface area contributed by atoms with Gasteiger partial charge >= 0.3 is 0 Å². The lowest BCUT2D eigenvalue weighted by atomic mass is 9.98. The van der Waals surface area contributed by atoms with E-state index < -0.39 is 5.54 Å². The number of amides is 1. The molecule has 0 aliphatic heterocycles. The minimum Gasteiger partial charge on any atom is -0.368 e. The number of primary amides is 1. The van der Waals surface area contributed by atoms with Gasteiger partial charge in [-0.25, -0.2) is 0 Å². The van der Waals surface area contributed by atoms with Crippen molar-refractivity contribution in [1.29, 1.82) is 0 Å². The van der Waals surface area contributed by atoms with Crippen molar-refractivity contribution >= 4 is 5.91 Å². The monoisotopic (exact) mass is 239 g/mol. The van der Waals surface area contributed by atoms with Gasteiger partial charge in [-0.3, -0.25) is 4.79 Å². The van der Waals surface area contributed by atoms with Crippen LogP contribution in [0.25, 0.3) is 0 Å².